The van der Waals surface area contributed by atoms with Gasteiger partial charge < -0.3 is 9.30 Å². The van der Waals surface area contributed by atoms with E-state index in [1.54, 1.807) is 18.1 Å². The summed E-state index contributed by atoms with van der Waals surface area (Å²) in [6.45, 7) is 5.25. The number of allylic oxidation sites excluding steroid dienone is 3. The van der Waals surface area contributed by atoms with Crippen LogP contribution < -0.4 is 0 Å². The molecule has 5 aliphatic carbocycles. The van der Waals surface area contributed by atoms with Crippen LogP contribution in [0.5, 0.6) is 0 Å². The number of aromatic nitrogens is 2. The van der Waals surface area contributed by atoms with Crippen molar-refractivity contribution in [3.05, 3.63) is 42.0 Å². The first-order valence-electron chi connectivity index (χ1n) is 15.0. The van der Waals surface area contributed by atoms with Gasteiger partial charge in [0.1, 0.15) is 6.10 Å². The summed E-state index contributed by atoms with van der Waals surface area (Å²) in [5.74, 6) is 2.30. The van der Waals surface area contributed by atoms with Crippen LogP contribution in [0.3, 0.4) is 0 Å². The lowest BCUT2D eigenvalue weighted by Crippen LogP contribution is -2.50. The average Bonchev–Trinajstić information content (AvgIpc) is 3.42. The van der Waals surface area contributed by atoms with Crippen molar-refractivity contribution in [1.82, 2.24) is 9.55 Å². The normalized spacial score (nSPS) is 37.9. The largest absolute Gasteiger partial charge is 0.462 e. The Kier molecular flexibility index (Phi) is 6.69. The fourth-order valence-electron chi connectivity index (χ4n) is 9.13. The van der Waals surface area contributed by atoms with Crippen LogP contribution in [-0.2, 0) is 20.9 Å². The van der Waals surface area contributed by atoms with Gasteiger partial charge in [0, 0.05) is 18.8 Å². The number of hydrogen-bond acceptors (Lipinski definition) is 4. The summed E-state index contributed by atoms with van der Waals surface area (Å²) in [5, 5.41) is 0. The van der Waals surface area contributed by atoms with Crippen LogP contribution in [-0.4, -0.2) is 27.4 Å². The number of carbonyl (C=O) groups excluding carboxylic acids is 2. The van der Waals surface area contributed by atoms with Crippen LogP contribution in [0.1, 0.15) is 97.3 Å². The van der Waals surface area contributed by atoms with Crippen molar-refractivity contribution in [1.29, 1.82) is 0 Å². The van der Waals surface area contributed by atoms with Crippen molar-refractivity contribution in [3.63, 3.8) is 0 Å². The molecule has 6 rings (SSSR count). The van der Waals surface area contributed by atoms with Crippen LogP contribution in [0.25, 0.3) is 0 Å². The first kappa shape index (κ1) is 25.1. The molecule has 0 saturated heterocycles. The van der Waals surface area contributed by atoms with Crippen molar-refractivity contribution in [2.24, 2.45) is 34.5 Å². The minimum atomic E-state index is -0.00796. The van der Waals surface area contributed by atoms with E-state index in [9.17, 15) is 9.59 Å². The Labute approximate surface area is 222 Å². The van der Waals surface area contributed by atoms with Gasteiger partial charge >= 0.3 is 5.97 Å². The number of fused-ring (bicyclic) bond motifs is 5. The Morgan fingerprint density at radius 1 is 0.973 bits per heavy atom. The van der Waals surface area contributed by atoms with Crippen molar-refractivity contribution < 1.29 is 14.3 Å². The van der Waals surface area contributed by atoms with E-state index in [4.69, 9.17) is 4.74 Å². The lowest BCUT2D eigenvalue weighted by Gasteiger charge is -2.57. The number of ketones is 1. The molecule has 3 fully saturated rings. The van der Waals surface area contributed by atoms with Crippen LogP contribution in [0, 0.1) is 34.5 Å². The summed E-state index contributed by atoms with van der Waals surface area (Å²) in [6.07, 6.45) is 24.5. The van der Waals surface area contributed by atoms with E-state index in [1.807, 2.05) is 10.8 Å². The molecule has 200 valence electrons. The molecule has 5 nitrogen and oxygen atoms in total. The minimum Gasteiger partial charge on any atom is -0.462 e. The molecule has 1 aromatic heterocycles. The monoisotopic (exact) mass is 504 g/mol. The number of esters is 1. The molecule has 6 atom stereocenters. The number of rotatable bonds is 5. The Bertz CT molecular complexity index is 1080. The van der Waals surface area contributed by atoms with Gasteiger partial charge in [-0.2, -0.15) is 0 Å². The molecule has 0 N–H and O–H groups in total. The highest BCUT2D eigenvalue weighted by molar-refractivity contribution is 5.97. The highest BCUT2D eigenvalue weighted by atomic mass is 16.5. The molecule has 5 aliphatic rings. The third kappa shape index (κ3) is 4.44. The Morgan fingerprint density at radius 3 is 2.51 bits per heavy atom. The quantitative estimate of drug-likeness (QED) is 0.250. The molecular formula is C32H44N2O3. The first-order chi connectivity index (χ1) is 17.9. The van der Waals surface area contributed by atoms with Crippen LogP contribution >= 0.6 is 0 Å². The minimum absolute atomic E-state index is 0.00796. The van der Waals surface area contributed by atoms with Gasteiger partial charge in [-0.05, 0) is 85.5 Å². The summed E-state index contributed by atoms with van der Waals surface area (Å²) >= 11 is 0. The molecular weight excluding hydrogens is 460 g/mol. The molecule has 0 unspecified atom stereocenters. The molecule has 0 aliphatic heterocycles. The van der Waals surface area contributed by atoms with Gasteiger partial charge in [-0.1, -0.05) is 57.3 Å². The molecule has 0 aromatic carbocycles. The zero-order valence-electron chi connectivity index (χ0n) is 22.8. The number of ether oxygens (including phenoxy) is 1. The van der Waals surface area contributed by atoms with Gasteiger partial charge in [0.25, 0.3) is 0 Å². The fraction of sp³-hybridized carbons (Fsp3) is 0.719. The fourth-order valence-corrected chi connectivity index (χ4v) is 9.13. The standard InChI is InChI=1S/C32H44N2O3/c1-31-15-13-24(37-30(36)22-7-5-3-4-6-8-22)19-23(31)9-10-25-26-11-12-28(32(26,2)16-14-27(25)31)29(35)20-34-18-17-33-21-34/h9,12,17-18,21-22,24-27H,3-8,10-11,13-16,19-20H2,1-2H3/t24-,25-,26-,27-,31-,32-/m0/s1. The number of nitrogens with zero attached hydrogens (tertiary/aromatic N) is 2. The van der Waals surface area contributed by atoms with Crippen molar-refractivity contribution >= 4 is 11.8 Å². The third-order valence-corrected chi connectivity index (χ3v) is 11.3. The summed E-state index contributed by atoms with van der Waals surface area (Å²) in [7, 11) is 0. The smallest absolute Gasteiger partial charge is 0.309 e. The van der Waals surface area contributed by atoms with Gasteiger partial charge in [-0.25, -0.2) is 4.98 Å². The van der Waals surface area contributed by atoms with Crippen molar-refractivity contribution in [2.75, 3.05) is 0 Å². The molecule has 3 saturated carbocycles. The van der Waals surface area contributed by atoms with Gasteiger partial charge in [-0.15, -0.1) is 0 Å². The first-order valence-corrected chi connectivity index (χ1v) is 15.0. The average molecular weight is 505 g/mol. The van der Waals surface area contributed by atoms with Gasteiger partial charge in [0.15, 0.2) is 5.78 Å². The van der Waals surface area contributed by atoms with E-state index in [1.165, 1.54) is 32.1 Å². The van der Waals surface area contributed by atoms with Gasteiger partial charge in [0.05, 0.1) is 18.8 Å². The number of hydrogen-bond donors (Lipinski definition) is 0. The van der Waals surface area contributed by atoms with E-state index >= 15 is 0 Å². The second-order valence-electron chi connectivity index (χ2n) is 13.2. The molecule has 37 heavy (non-hydrogen) atoms. The molecule has 0 radical (unpaired) electrons. The lowest BCUT2D eigenvalue weighted by molar-refractivity contribution is -0.157. The van der Waals surface area contributed by atoms with Crippen LogP contribution in [0.2, 0.25) is 0 Å². The molecule has 0 amide bonds. The Hall–Kier alpha value is -2.17. The van der Waals surface area contributed by atoms with E-state index < -0.39 is 0 Å². The molecule has 0 spiro atoms. The van der Waals surface area contributed by atoms with Gasteiger partial charge in [-0.3, -0.25) is 9.59 Å². The molecule has 1 aromatic rings. The molecule has 0 bridgehead atoms. The zero-order chi connectivity index (χ0) is 25.6. The van der Waals surface area contributed by atoms with Crippen LogP contribution in [0.4, 0.5) is 0 Å². The molecule has 1 heterocycles. The maximum Gasteiger partial charge on any atom is 0.309 e. The highest BCUT2D eigenvalue weighted by Crippen LogP contribution is 2.65. The Balaban J connectivity index is 1.13. The molecule has 5 heteroatoms. The highest BCUT2D eigenvalue weighted by Gasteiger charge is 2.57. The predicted molar refractivity (Wildman–Crippen MR) is 143 cm³/mol. The maximum atomic E-state index is 13.3. The number of imidazole rings is 1. The number of Topliss-reactive ketones (excluding diaryl/α,β-unsaturated/α-hetero) is 1. The summed E-state index contributed by atoms with van der Waals surface area (Å²) in [4.78, 5) is 30.4. The number of carbonyl (C=O) groups is 2. The topological polar surface area (TPSA) is 61.2 Å². The van der Waals surface area contributed by atoms with Crippen molar-refractivity contribution in [2.45, 2.75) is 110 Å². The predicted octanol–water partition coefficient (Wildman–Crippen LogP) is 6.83. The van der Waals surface area contributed by atoms with Crippen molar-refractivity contribution in [3.8, 4) is 0 Å². The van der Waals surface area contributed by atoms with E-state index in [-0.39, 0.29) is 34.6 Å². The zero-order valence-corrected chi connectivity index (χ0v) is 22.8. The maximum absolute atomic E-state index is 13.3. The van der Waals surface area contributed by atoms with E-state index in [2.05, 4.69) is 31.0 Å². The summed E-state index contributed by atoms with van der Waals surface area (Å²) in [6, 6.07) is 0. The second kappa shape index (κ2) is 9.85. The van der Waals surface area contributed by atoms with E-state index in [0.29, 0.717) is 24.3 Å². The third-order valence-electron chi connectivity index (χ3n) is 11.3. The Morgan fingerprint density at radius 2 is 1.76 bits per heavy atom. The van der Waals surface area contributed by atoms with Gasteiger partial charge in [0.2, 0.25) is 0 Å². The lowest BCUT2D eigenvalue weighted by atomic mass is 9.47. The SMILES string of the molecule is C[C@]12CC[C@H](OC(=O)C3CCCCCC3)CC1=CC[C@@H]1[C@@H]2CC[C@]2(C)C(C(=O)Cn3ccnc3)=CC[C@@H]12. The van der Waals surface area contributed by atoms with Crippen LogP contribution in [0.15, 0.2) is 42.0 Å². The van der Waals surface area contributed by atoms with E-state index in [0.717, 1.165) is 56.9 Å². The second-order valence-corrected chi connectivity index (χ2v) is 13.2. The summed E-state index contributed by atoms with van der Waals surface area (Å²) < 4.78 is 8.05. The summed E-state index contributed by atoms with van der Waals surface area (Å²) in [5.41, 5.74) is 2.81.